The molecule has 0 aliphatic rings. The summed E-state index contributed by atoms with van der Waals surface area (Å²) < 4.78 is 33.9. The number of hydrogen-bond acceptors (Lipinski definition) is 8. The minimum Gasteiger partial charge on any atom is -0.756 e. The highest BCUT2D eigenvalue weighted by atomic mass is 31.2. The quantitative estimate of drug-likeness (QED) is 0.0196. The van der Waals surface area contributed by atoms with Gasteiger partial charge in [-0.3, -0.25) is 14.2 Å². The summed E-state index contributed by atoms with van der Waals surface area (Å²) in [7, 11) is 1.17. The lowest BCUT2D eigenvalue weighted by atomic mass is 10.0. The Kier molecular flexibility index (Phi) is 40.2. The predicted molar refractivity (Wildman–Crippen MR) is 241 cm³/mol. The molecule has 0 bridgehead atoms. The fourth-order valence-electron chi connectivity index (χ4n) is 6.93. The SMILES string of the molecule is CCCC/C=C/CCCCCCCC(=O)O[C@@H](COC(=O)CCCCCCCCCCCCCCCCCCCCCCCCC)COP(=O)([O-])OCC[N+](C)(C)C. The van der Waals surface area contributed by atoms with Crippen LogP contribution in [0.4, 0.5) is 0 Å². The van der Waals surface area contributed by atoms with Crippen LogP contribution in [0.25, 0.3) is 0 Å². The lowest BCUT2D eigenvalue weighted by Crippen LogP contribution is -2.37. The standard InChI is InChI=1S/C48H94NO8P/c1-6-8-10-12-14-16-18-19-20-21-22-23-24-25-26-27-28-29-31-32-34-36-38-40-47(50)54-44-46(45-56-58(52,53)55-43-42-49(3,4)5)57-48(51)41-39-37-35-33-30-17-15-13-11-9-7-2/h13,15,46H,6-12,14,16-45H2,1-5H3/b15-13+/t46-/m0/s1. The van der Waals surface area contributed by atoms with E-state index in [0.29, 0.717) is 17.4 Å². The monoisotopic (exact) mass is 844 g/mol. The molecule has 0 aromatic rings. The van der Waals surface area contributed by atoms with Gasteiger partial charge < -0.3 is 27.9 Å². The van der Waals surface area contributed by atoms with Crippen LogP contribution in [0, 0.1) is 0 Å². The molecular weight excluding hydrogens is 750 g/mol. The lowest BCUT2D eigenvalue weighted by Gasteiger charge is -2.28. The summed E-state index contributed by atoms with van der Waals surface area (Å²) in [5.41, 5.74) is 0. The van der Waals surface area contributed by atoms with Gasteiger partial charge in [-0.1, -0.05) is 199 Å². The summed E-state index contributed by atoms with van der Waals surface area (Å²) in [6.07, 6.45) is 44.0. The Morgan fingerprint density at radius 1 is 0.517 bits per heavy atom. The first kappa shape index (κ1) is 56.8. The van der Waals surface area contributed by atoms with Gasteiger partial charge >= 0.3 is 11.9 Å². The van der Waals surface area contributed by atoms with E-state index in [9.17, 15) is 19.0 Å². The van der Waals surface area contributed by atoms with Crippen molar-refractivity contribution in [1.82, 2.24) is 0 Å². The number of unbranched alkanes of at least 4 members (excludes halogenated alkanes) is 29. The van der Waals surface area contributed by atoms with Crippen molar-refractivity contribution in [3.8, 4) is 0 Å². The molecule has 10 heteroatoms. The van der Waals surface area contributed by atoms with Gasteiger partial charge in [-0.05, 0) is 32.1 Å². The maximum atomic E-state index is 12.6. The van der Waals surface area contributed by atoms with Crippen molar-refractivity contribution < 1.29 is 42.1 Å². The number of carbonyl (C=O) groups is 2. The predicted octanol–water partition coefficient (Wildman–Crippen LogP) is 13.5. The van der Waals surface area contributed by atoms with Crippen molar-refractivity contribution in [2.24, 2.45) is 0 Å². The summed E-state index contributed by atoms with van der Waals surface area (Å²) >= 11 is 0. The van der Waals surface area contributed by atoms with E-state index in [1.807, 2.05) is 21.1 Å². The summed E-state index contributed by atoms with van der Waals surface area (Å²) in [6, 6.07) is 0. The van der Waals surface area contributed by atoms with Gasteiger partial charge in [0.05, 0.1) is 27.7 Å². The van der Waals surface area contributed by atoms with Gasteiger partial charge in [-0.15, -0.1) is 0 Å². The van der Waals surface area contributed by atoms with Crippen molar-refractivity contribution in [1.29, 1.82) is 0 Å². The van der Waals surface area contributed by atoms with Crippen LogP contribution in [0.15, 0.2) is 12.2 Å². The summed E-state index contributed by atoms with van der Waals surface area (Å²) in [5, 5.41) is 0. The first-order chi connectivity index (χ1) is 28.0. The number of phosphoric ester groups is 1. The zero-order valence-electron chi connectivity index (χ0n) is 38.8. The normalized spacial score (nSPS) is 13.6. The average molecular weight is 844 g/mol. The van der Waals surface area contributed by atoms with E-state index in [1.54, 1.807) is 0 Å². The molecule has 0 N–H and O–H groups in total. The molecule has 0 fully saturated rings. The number of phosphoric acid groups is 1. The van der Waals surface area contributed by atoms with Gasteiger partial charge in [-0.2, -0.15) is 0 Å². The lowest BCUT2D eigenvalue weighted by molar-refractivity contribution is -0.870. The van der Waals surface area contributed by atoms with Gasteiger partial charge in [-0.25, -0.2) is 0 Å². The van der Waals surface area contributed by atoms with Crippen LogP contribution in [0.2, 0.25) is 0 Å². The van der Waals surface area contributed by atoms with E-state index in [4.69, 9.17) is 18.5 Å². The van der Waals surface area contributed by atoms with E-state index >= 15 is 0 Å². The molecule has 0 aliphatic carbocycles. The second-order valence-corrected chi connectivity index (χ2v) is 19.2. The number of nitrogens with zero attached hydrogens (tertiary/aromatic N) is 1. The van der Waals surface area contributed by atoms with Crippen LogP contribution in [-0.2, 0) is 32.7 Å². The topological polar surface area (TPSA) is 111 Å². The van der Waals surface area contributed by atoms with Crippen LogP contribution >= 0.6 is 7.82 Å². The molecule has 1 unspecified atom stereocenters. The Hall–Kier alpha value is -1.25. The highest BCUT2D eigenvalue weighted by Crippen LogP contribution is 2.38. The van der Waals surface area contributed by atoms with Gasteiger partial charge in [0.25, 0.3) is 7.82 Å². The first-order valence-electron chi connectivity index (χ1n) is 24.4. The van der Waals surface area contributed by atoms with Crippen molar-refractivity contribution >= 4 is 19.8 Å². The van der Waals surface area contributed by atoms with Crippen molar-refractivity contribution in [3.05, 3.63) is 12.2 Å². The number of ether oxygens (including phenoxy) is 2. The van der Waals surface area contributed by atoms with Gasteiger partial charge in [0, 0.05) is 12.8 Å². The Morgan fingerprint density at radius 2 is 0.897 bits per heavy atom. The van der Waals surface area contributed by atoms with E-state index in [2.05, 4.69) is 26.0 Å². The number of carbonyl (C=O) groups excluding carboxylic acids is 2. The molecule has 0 aromatic carbocycles. The minimum absolute atomic E-state index is 0.0293. The molecule has 9 nitrogen and oxygen atoms in total. The molecule has 0 aliphatic heterocycles. The summed E-state index contributed by atoms with van der Waals surface area (Å²) in [4.78, 5) is 37.5. The Balaban J connectivity index is 4.12. The van der Waals surface area contributed by atoms with Crippen molar-refractivity contribution in [2.75, 3.05) is 47.5 Å². The highest BCUT2D eigenvalue weighted by molar-refractivity contribution is 7.45. The number of quaternary nitrogens is 1. The fraction of sp³-hybridized carbons (Fsp3) is 0.917. The average Bonchev–Trinajstić information content (AvgIpc) is 3.17. The highest BCUT2D eigenvalue weighted by Gasteiger charge is 2.21. The number of esters is 2. The zero-order chi connectivity index (χ0) is 42.8. The maximum Gasteiger partial charge on any atom is 0.306 e. The Bertz CT molecular complexity index is 1000. The fourth-order valence-corrected chi connectivity index (χ4v) is 7.66. The largest absolute Gasteiger partial charge is 0.756 e. The van der Waals surface area contributed by atoms with Crippen molar-refractivity contribution in [2.45, 2.75) is 238 Å². The van der Waals surface area contributed by atoms with E-state index < -0.39 is 26.5 Å². The molecule has 0 saturated carbocycles. The van der Waals surface area contributed by atoms with Crippen LogP contribution in [0.1, 0.15) is 232 Å². The second kappa shape index (κ2) is 41.1. The van der Waals surface area contributed by atoms with Gasteiger partial charge in [0.2, 0.25) is 0 Å². The van der Waals surface area contributed by atoms with Gasteiger partial charge in [0.15, 0.2) is 6.10 Å². The minimum atomic E-state index is -4.62. The zero-order valence-corrected chi connectivity index (χ0v) is 39.7. The smallest absolute Gasteiger partial charge is 0.306 e. The third-order valence-electron chi connectivity index (χ3n) is 10.8. The molecule has 0 amide bonds. The number of likely N-dealkylation sites (N-methyl/N-ethyl adjacent to an activating group) is 1. The molecule has 0 heterocycles. The number of hydrogen-bond donors (Lipinski definition) is 0. The van der Waals surface area contributed by atoms with Gasteiger partial charge in [0.1, 0.15) is 19.8 Å². The van der Waals surface area contributed by atoms with E-state index in [-0.39, 0.29) is 32.0 Å². The number of rotatable bonds is 45. The molecule has 0 aromatic heterocycles. The first-order valence-corrected chi connectivity index (χ1v) is 25.9. The molecule has 344 valence electrons. The van der Waals surface area contributed by atoms with E-state index in [0.717, 1.165) is 57.8 Å². The van der Waals surface area contributed by atoms with Crippen LogP contribution in [0.3, 0.4) is 0 Å². The van der Waals surface area contributed by atoms with Crippen LogP contribution in [-0.4, -0.2) is 70.0 Å². The van der Waals surface area contributed by atoms with E-state index in [1.165, 1.54) is 141 Å². The Morgan fingerprint density at radius 3 is 1.33 bits per heavy atom. The molecule has 0 spiro atoms. The summed E-state index contributed by atoms with van der Waals surface area (Å²) in [5.74, 6) is -0.834. The molecule has 0 rings (SSSR count). The molecule has 0 radical (unpaired) electrons. The Labute approximate surface area is 358 Å². The number of allylic oxidation sites excluding steroid dienone is 2. The maximum absolute atomic E-state index is 12.6. The van der Waals surface area contributed by atoms with Crippen LogP contribution in [0.5, 0.6) is 0 Å². The molecule has 0 saturated heterocycles. The van der Waals surface area contributed by atoms with Crippen molar-refractivity contribution in [3.63, 3.8) is 0 Å². The second-order valence-electron chi connectivity index (χ2n) is 17.8. The third-order valence-corrected chi connectivity index (χ3v) is 11.7. The molecule has 2 atom stereocenters. The molecule has 58 heavy (non-hydrogen) atoms. The third kappa shape index (κ3) is 44.3. The van der Waals surface area contributed by atoms with Crippen LogP contribution < -0.4 is 4.89 Å². The summed E-state index contributed by atoms with van der Waals surface area (Å²) in [6.45, 7) is 4.21. The molecular formula is C48H94NO8P.